The van der Waals surface area contributed by atoms with E-state index in [2.05, 4.69) is 5.32 Å². The SMILES string of the molecule is CC[C@H](C)NC(=O)C1CCN(S(=O)(=O)c2ccc(SC)cc2)CC1. The van der Waals surface area contributed by atoms with E-state index in [0.717, 1.165) is 11.3 Å². The van der Waals surface area contributed by atoms with Crippen molar-refractivity contribution >= 4 is 27.7 Å². The molecule has 1 amide bonds. The highest BCUT2D eigenvalue weighted by atomic mass is 32.2. The number of hydrogen-bond acceptors (Lipinski definition) is 4. The van der Waals surface area contributed by atoms with E-state index in [-0.39, 0.29) is 17.9 Å². The van der Waals surface area contributed by atoms with E-state index in [4.69, 9.17) is 0 Å². The second-order valence-electron chi connectivity index (χ2n) is 6.17. The lowest BCUT2D eigenvalue weighted by molar-refractivity contribution is -0.126. The molecule has 0 bridgehead atoms. The summed E-state index contributed by atoms with van der Waals surface area (Å²) in [6.45, 7) is 4.80. The molecule has 0 aromatic heterocycles. The lowest BCUT2D eigenvalue weighted by atomic mass is 9.97. The summed E-state index contributed by atoms with van der Waals surface area (Å²) < 4.78 is 26.9. The number of nitrogens with one attached hydrogen (secondary N) is 1. The van der Waals surface area contributed by atoms with Crippen molar-refractivity contribution in [3.05, 3.63) is 24.3 Å². The molecule has 0 aliphatic carbocycles. The van der Waals surface area contributed by atoms with Crippen molar-refractivity contribution < 1.29 is 13.2 Å². The summed E-state index contributed by atoms with van der Waals surface area (Å²) in [7, 11) is -3.47. The van der Waals surface area contributed by atoms with Gasteiger partial charge in [-0.25, -0.2) is 8.42 Å². The first-order chi connectivity index (χ1) is 11.4. The molecular formula is C17H26N2O3S2. The molecule has 0 saturated carbocycles. The number of carbonyl (C=O) groups is 1. The maximum Gasteiger partial charge on any atom is 0.243 e. The smallest absolute Gasteiger partial charge is 0.243 e. The van der Waals surface area contributed by atoms with E-state index in [1.54, 1.807) is 23.9 Å². The number of hydrogen-bond donors (Lipinski definition) is 1. The molecule has 0 spiro atoms. The van der Waals surface area contributed by atoms with Crippen LogP contribution in [0.3, 0.4) is 0 Å². The van der Waals surface area contributed by atoms with Crippen LogP contribution in [0.2, 0.25) is 0 Å². The number of sulfonamides is 1. The Morgan fingerprint density at radius 1 is 1.29 bits per heavy atom. The molecule has 0 radical (unpaired) electrons. The van der Waals surface area contributed by atoms with Crippen molar-refractivity contribution in [3.63, 3.8) is 0 Å². The second-order valence-corrected chi connectivity index (χ2v) is 8.99. The number of carbonyl (C=O) groups excluding carboxylic acids is 1. The van der Waals surface area contributed by atoms with Gasteiger partial charge in [0.05, 0.1) is 4.90 Å². The van der Waals surface area contributed by atoms with Gasteiger partial charge in [-0.15, -0.1) is 11.8 Å². The van der Waals surface area contributed by atoms with Crippen molar-refractivity contribution in [3.8, 4) is 0 Å². The highest BCUT2D eigenvalue weighted by Crippen LogP contribution is 2.25. The van der Waals surface area contributed by atoms with E-state index in [1.165, 1.54) is 4.31 Å². The van der Waals surface area contributed by atoms with Crippen LogP contribution in [0, 0.1) is 5.92 Å². The average molecular weight is 371 g/mol. The largest absolute Gasteiger partial charge is 0.353 e. The minimum Gasteiger partial charge on any atom is -0.353 e. The van der Waals surface area contributed by atoms with E-state index in [9.17, 15) is 13.2 Å². The van der Waals surface area contributed by atoms with Gasteiger partial charge in [0, 0.05) is 29.9 Å². The lowest BCUT2D eigenvalue weighted by Crippen LogP contribution is -2.44. The quantitative estimate of drug-likeness (QED) is 0.782. The monoisotopic (exact) mass is 370 g/mol. The fourth-order valence-corrected chi connectivity index (χ4v) is 4.60. The molecule has 7 heteroatoms. The Morgan fingerprint density at radius 3 is 2.38 bits per heavy atom. The maximum absolute atomic E-state index is 12.7. The van der Waals surface area contributed by atoms with Gasteiger partial charge in [0.1, 0.15) is 0 Å². The van der Waals surface area contributed by atoms with Crippen LogP contribution in [-0.2, 0) is 14.8 Å². The zero-order valence-electron chi connectivity index (χ0n) is 14.5. The summed E-state index contributed by atoms with van der Waals surface area (Å²) in [6.07, 6.45) is 4.00. The van der Waals surface area contributed by atoms with Crippen LogP contribution in [0.15, 0.2) is 34.1 Å². The van der Waals surface area contributed by atoms with Crippen LogP contribution in [0.1, 0.15) is 33.1 Å². The minimum atomic E-state index is -3.47. The van der Waals surface area contributed by atoms with Crippen LogP contribution in [-0.4, -0.2) is 44.0 Å². The van der Waals surface area contributed by atoms with E-state index in [0.29, 0.717) is 30.8 Å². The van der Waals surface area contributed by atoms with Crippen LogP contribution in [0.4, 0.5) is 0 Å². The molecule has 1 atom stereocenters. The molecule has 5 nitrogen and oxygen atoms in total. The fourth-order valence-electron chi connectivity index (χ4n) is 2.72. The summed E-state index contributed by atoms with van der Waals surface area (Å²) in [5.41, 5.74) is 0. The molecule has 134 valence electrons. The number of piperidine rings is 1. The molecular weight excluding hydrogens is 344 g/mol. The first kappa shape index (κ1) is 19.3. The predicted octanol–water partition coefficient (Wildman–Crippen LogP) is 2.72. The fraction of sp³-hybridized carbons (Fsp3) is 0.588. The zero-order chi connectivity index (χ0) is 17.7. The lowest BCUT2D eigenvalue weighted by Gasteiger charge is -2.31. The molecule has 1 saturated heterocycles. The predicted molar refractivity (Wildman–Crippen MR) is 97.6 cm³/mol. The molecule has 1 N–H and O–H groups in total. The molecule has 24 heavy (non-hydrogen) atoms. The Kier molecular flexibility index (Phi) is 6.71. The average Bonchev–Trinajstić information content (AvgIpc) is 2.61. The van der Waals surface area contributed by atoms with E-state index in [1.807, 2.05) is 32.2 Å². The van der Waals surface area contributed by atoms with Gasteiger partial charge in [-0.05, 0) is 56.7 Å². The normalized spacial score (nSPS) is 18.3. The number of nitrogens with zero attached hydrogens (tertiary/aromatic N) is 1. The second kappa shape index (κ2) is 8.36. The Labute approximate surface area is 149 Å². The maximum atomic E-state index is 12.7. The third-order valence-electron chi connectivity index (χ3n) is 4.52. The Bertz CT molecular complexity index is 651. The number of amides is 1. The number of rotatable bonds is 6. The van der Waals surface area contributed by atoms with Gasteiger partial charge in [-0.2, -0.15) is 4.31 Å². The first-order valence-electron chi connectivity index (χ1n) is 8.33. The van der Waals surface area contributed by atoms with Gasteiger partial charge in [0.25, 0.3) is 0 Å². The number of benzene rings is 1. The molecule has 1 heterocycles. The third kappa shape index (κ3) is 4.52. The van der Waals surface area contributed by atoms with Crippen molar-refractivity contribution in [2.75, 3.05) is 19.3 Å². The Morgan fingerprint density at radius 2 is 1.88 bits per heavy atom. The van der Waals surface area contributed by atoms with Crippen molar-refractivity contribution in [1.29, 1.82) is 0 Å². The van der Waals surface area contributed by atoms with E-state index < -0.39 is 10.0 Å². The molecule has 0 unspecified atom stereocenters. The molecule has 1 aliphatic rings. The van der Waals surface area contributed by atoms with Gasteiger partial charge >= 0.3 is 0 Å². The summed E-state index contributed by atoms with van der Waals surface area (Å²) in [4.78, 5) is 13.5. The summed E-state index contributed by atoms with van der Waals surface area (Å²) in [5, 5.41) is 2.99. The van der Waals surface area contributed by atoms with Gasteiger partial charge < -0.3 is 5.32 Å². The van der Waals surface area contributed by atoms with Gasteiger partial charge in [0.2, 0.25) is 15.9 Å². The van der Waals surface area contributed by atoms with Crippen molar-refractivity contribution in [1.82, 2.24) is 9.62 Å². The van der Waals surface area contributed by atoms with Crippen LogP contribution >= 0.6 is 11.8 Å². The van der Waals surface area contributed by atoms with Crippen LogP contribution in [0.5, 0.6) is 0 Å². The van der Waals surface area contributed by atoms with Gasteiger partial charge in [0.15, 0.2) is 0 Å². The molecule has 1 aliphatic heterocycles. The summed E-state index contributed by atoms with van der Waals surface area (Å²) in [6, 6.07) is 7.12. The topological polar surface area (TPSA) is 66.5 Å². The van der Waals surface area contributed by atoms with Crippen molar-refractivity contribution in [2.24, 2.45) is 5.92 Å². The van der Waals surface area contributed by atoms with Crippen molar-refractivity contribution in [2.45, 2.75) is 48.9 Å². The Balaban J connectivity index is 1.98. The Hall–Kier alpha value is -1.05. The summed E-state index contributed by atoms with van der Waals surface area (Å²) in [5.74, 6) is -0.0463. The minimum absolute atomic E-state index is 0.0470. The van der Waals surface area contributed by atoms with Crippen LogP contribution < -0.4 is 5.32 Å². The summed E-state index contributed by atoms with van der Waals surface area (Å²) >= 11 is 1.58. The van der Waals surface area contributed by atoms with Gasteiger partial charge in [-0.1, -0.05) is 6.92 Å². The van der Waals surface area contributed by atoms with Gasteiger partial charge in [-0.3, -0.25) is 4.79 Å². The number of thioether (sulfide) groups is 1. The highest BCUT2D eigenvalue weighted by molar-refractivity contribution is 7.98. The van der Waals surface area contributed by atoms with E-state index >= 15 is 0 Å². The first-order valence-corrected chi connectivity index (χ1v) is 11.0. The molecule has 1 fully saturated rings. The highest BCUT2D eigenvalue weighted by Gasteiger charge is 2.32. The standard InChI is InChI=1S/C17H26N2O3S2/c1-4-13(2)18-17(20)14-9-11-19(12-10-14)24(21,22)16-7-5-15(23-3)6-8-16/h5-8,13-14H,4,9-12H2,1-3H3,(H,18,20)/t13-/m0/s1. The zero-order valence-corrected chi connectivity index (χ0v) is 16.1. The third-order valence-corrected chi connectivity index (χ3v) is 7.18. The molecule has 2 rings (SSSR count). The van der Waals surface area contributed by atoms with Crippen LogP contribution in [0.25, 0.3) is 0 Å². The molecule has 1 aromatic carbocycles. The molecule has 1 aromatic rings.